The van der Waals surface area contributed by atoms with Crippen molar-refractivity contribution in [2.45, 2.75) is 31.4 Å². The average Bonchev–Trinajstić information content (AvgIpc) is 2.86. The van der Waals surface area contributed by atoms with Gasteiger partial charge in [0.1, 0.15) is 11.9 Å². The van der Waals surface area contributed by atoms with Crippen LogP contribution in [0.1, 0.15) is 19.3 Å². The molecular weight excluding hydrogens is 236 g/mol. The van der Waals surface area contributed by atoms with E-state index in [9.17, 15) is 0 Å². The van der Waals surface area contributed by atoms with Crippen LogP contribution in [-0.2, 0) is 0 Å². The van der Waals surface area contributed by atoms with Gasteiger partial charge in [-0.25, -0.2) is 0 Å². The highest BCUT2D eigenvalue weighted by molar-refractivity contribution is 5.69. The minimum absolute atomic E-state index is 0.142. The van der Waals surface area contributed by atoms with Gasteiger partial charge in [0.15, 0.2) is 0 Å². The topological polar surface area (TPSA) is 48.1 Å². The van der Waals surface area contributed by atoms with Gasteiger partial charge in [-0.1, -0.05) is 18.2 Å². The predicted molar refractivity (Wildman–Crippen MR) is 75.9 cm³/mol. The van der Waals surface area contributed by atoms with E-state index in [0.717, 1.165) is 36.1 Å². The quantitative estimate of drug-likeness (QED) is 0.916. The van der Waals surface area contributed by atoms with Crippen molar-refractivity contribution in [3.8, 4) is 16.9 Å². The van der Waals surface area contributed by atoms with Gasteiger partial charge in [0.2, 0.25) is 0 Å². The maximum atomic E-state index is 6.13. The van der Waals surface area contributed by atoms with Crippen LogP contribution < -0.4 is 10.5 Å². The molecule has 1 fully saturated rings. The number of hydrogen-bond acceptors (Lipinski definition) is 3. The number of nitrogens with two attached hydrogens (primary N) is 1. The number of rotatable bonds is 3. The van der Waals surface area contributed by atoms with Crippen LogP contribution in [-0.4, -0.2) is 17.1 Å². The van der Waals surface area contributed by atoms with Gasteiger partial charge in [-0.3, -0.25) is 4.98 Å². The molecule has 1 aromatic carbocycles. The zero-order valence-electron chi connectivity index (χ0n) is 10.8. The van der Waals surface area contributed by atoms with Crippen molar-refractivity contribution in [3.05, 3.63) is 48.8 Å². The van der Waals surface area contributed by atoms with Gasteiger partial charge >= 0.3 is 0 Å². The highest BCUT2D eigenvalue weighted by atomic mass is 16.5. The maximum absolute atomic E-state index is 6.13. The van der Waals surface area contributed by atoms with Gasteiger partial charge < -0.3 is 10.5 Å². The van der Waals surface area contributed by atoms with Gasteiger partial charge in [-0.15, -0.1) is 0 Å². The lowest BCUT2D eigenvalue weighted by Crippen LogP contribution is -2.33. The highest BCUT2D eigenvalue weighted by Crippen LogP contribution is 2.32. The Morgan fingerprint density at radius 2 is 1.84 bits per heavy atom. The van der Waals surface area contributed by atoms with Crippen LogP contribution in [0.5, 0.6) is 5.75 Å². The minimum Gasteiger partial charge on any atom is -0.488 e. The van der Waals surface area contributed by atoms with Gasteiger partial charge in [-0.2, -0.15) is 0 Å². The Morgan fingerprint density at radius 1 is 1.05 bits per heavy atom. The molecule has 98 valence electrons. The molecule has 2 unspecified atom stereocenters. The zero-order valence-corrected chi connectivity index (χ0v) is 10.8. The Balaban J connectivity index is 1.89. The first-order valence-electron chi connectivity index (χ1n) is 6.76. The third-order valence-corrected chi connectivity index (χ3v) is 3.66. The fraction of sp³-hybridized carbons (Fsp3) is 0.312. The van der Waals surface area contributed by atoms with Gasteiger partial charge in [0.25, 0.3) is 0 Å². The first kappa shape index (κ1) is 12.2. The molecule has 1 aliphatic carbocycles. The van der Waals surface area contributed by atoms with Gasteiger partial charge in [0, 0.05) is 24.0 Å². The lowest BCUT2D eigenvalue weighted by molar-refractivity contribution is 0.192. The van der Waals surface area contributed by atoms with Crippen molar-refractivity contribution < 1.29 is 4.74 Å². The van der Waals surface area contributed by atoms with E-state index in [1.165, 1.54) is 0 Å². The number of nitrogens with zero attached hydrogens (tertiary/aromatic N) is 1. The average molecular weight is 254 g/mol. The monoisotopic (exact) mass is 254 g/mol. The molecule has 19 heavy (non-hydrogen) atoms. The van der Waals surface area contributed by atoms with E-state index in [-0.39, 0.29) is 12.1 Å². The van der Waals surface area contributed by atoms with Crippen LogP contribution in [0.2, 0.25) is 0 Å². The second kappa shape index (κ2) is 5.41. The molecule has 2 N–H and O–H groups in total. The van der Waals surface area contributed by atoms with E-state index in [1.807, 2.05) is 30.3 Å². The van der Waals surface area contributed by atoms with Crippen molar-refractivity contribution in [1.82, 2.24) is 4.98 Å². The summed E-state index contributed by atoms with van der Waals surface area (Å²) in [4.78, 5) is 4.06. The van der Waals surface area contributed by atoms with Gasteiger partial charge in [-0.05, 0) is 43.0 Å². The summed E-state index contributed by atoms with van der Waals surface area (Å²) in [7, 11) is 0. The fourth-order valence-electron chi connectivity index (χ4n) is 2.60. The number of para-hydroxylation sites is 1. The Morgan fingerprint density at radius 3 is 2.58 bits per heavy atom. The Hall–Kier alpha value is -1.87. The molecule has 0 radical (unpaired) electrons. The Bertz CT molecular complexity index is 541. The van der Waals surface area contributed by atoms with Crippen LogP contribution in [0.3, 0.4) is 0 Å². The minimum atomic E-state index is 0.142. The smallest absolute Gasteiger partial charge is 0.127 e. The van der Waals surface area contributed by atoms with E-state index in [1.54, 1.807) is 12.4 Å². The largest absolute Gasteiger partial charge is 0.488 e. The summed E-state index contributed by atoms with van der Waals surface area (Å²) in [5.74, 6) is 0.913. The van der Waals surface area contributed by atoms with Crippen molar-refractivity contribution in [2.24, 2.45) is 5.73 Å². The van der Waals surface area contributed by atoms with Crippen LogP contribution in [0.15, 0.2) is 48.8 Å². The standard InChI is InChI=1S/C16H18N2O/c17-14-5-3-7-16(14)19-15-6-2-1-4-13(15)12-8-10-18-11-9-12/h1-2,4,6,8-11,14,16H,3,5,7,17H2. The van der Waals surface area contributed by atoms with Crippen molar-refractivity contribution in [3.63, 3.8) is 0 Å². The van der Waals surface area contributed by atoms with E-state index in [4.69, 9.17) is 10.5 Å². The molecule has 2 aromatic rings. The van der Waals surface area contributed by atoms with E-state index >= 15 is 0 Å². The zero-order chi connectivity index (χ0) is 13.1. The Labute approximate surface area is 113 Å². The molecule has 3 heteroatoms. The van der Waals surface area contributed by atoms with Crippen molar-refractivity contribution in [2.75, 3.05) is 0 Å². The fourth-order valence-corrected chi connectivity index (χ4v) is 2.60. The lowest BCUT2D eigenvalue weighted by atomic mass is 10.1. The second-order valence-corrected chi connectivity index (χ2v) is 4.98. The summed E-state index contributed by atoms with van der Waals surface area (Å²) >= 11 is 0. The third kappa shape index (κ3) is 2.61. The van der Waals surface area contributed by atoms with E-state index in [0.29, 0.717) is 0 Å². The summed E-state index contributed by atoms with van der Waals surface area (Å²) in [6, 6.07) is 12.3. The number of hydrogen-bond donors (Lipinski definition) is 1. The molecule has 1 saturated carbocycles. The molecule has 0 saturated heterocycles. The molecule has 0 amide bonds. The van der Waals surface area contributed by atoms with E-state index < -0.39 is 0 Å². The molecule has 3 nitrogen and oxygen atoms in total. The van der Waals surface area contributed by atoms with Gasteiger partial charge in [0.05, 0.1) is 0 Å². The van der Waals surface area contributed by atoms with Crippen LogP contribution in [0.4, 0.5) is 0 Å². The summed E-state index contributed by atoms with van der Waals surface area (Å²) in [5.41, 5.74) is 8.30. The highest BCUT2D eigenvalue weighted by Gasteiger charge is 2.26. The van der Waals surface area contributed by atoms with E-state index in [2.05, 4.69) is 11.1 Å². The predicted octanol–water partition coefficient (Wildman–Crippen LogP) is 3.01. The molecule has 1 aromatic heterocycles. The first-order valence-corrected chi connectivity index (χ1v) is 6.76. The van der Waals surface area contributed by atoms with Crippen LogP contribution in [0.25, 0.3) is 11.1 Å². The third-order valence-electron chi connectivity index (χ3n) is 3.66. The molecular formula is C16H18N2O. The Kier molecular flexibility index (Phi) is 3.47. The molecule has 3 rings (SSSR count). The molecule has 1 heterocycles. The second-order valence-electron chi connectivity index (χ2n) is 4.98. The maximum Gasteiger partial charge on any atom is 0.127 e. The summed E-state index contributed by atoms with van der Waals surface area (Å²) in [6.07, 6.45) is 7.00. The van der Waals surface area contributed by atoms with Crippen LogP contribution in [0, 0.1) is 0 Å². The van der Waals surface area contributed by atoms with Crippen LogP contribution >= 0.6 is 0 Å². The summed E-state index contributed by atoms with van der Waals surface area (Å²) in [5, 5.41) is 0. The SMILES string of the molecule is NC1CCCC1Oc1ccccc1-c1ccncc1. The summed E-state index contributed by atoms with van der Waals surface area (Å²) in [6.45, 7) is 0. The molecule has 1 aliphatic rings. The number of ether oxygens (including phenoxy) is 1. The molecule has 0 bridgehead atoms. The molecule has 0 aliphatic heterocycles. The lowest BCUT2D eigenvalue weighted by Gasteiger charge is -2.20. The first-order chi connectivity index (χ1) is 9.34. The molecule has 2 atom stereocenters. The summed E-state index contributed by atoms with van der Waals surface area (Å²) < 4.78 is 6.13. The normalized spacial score (nSPS) is 22.4. The number of aromatic nitrogens is 1. The van der Waals surface area contributed by atoms with Crippen molar-refractivity contribution in [1.29, 1.82) is 0 Å². The van der Waals surface area contributed by atoms with Crippen molar-refractivity contribution >= 4 is 0 Å². The number of pyridine rings is 1. The number of benzene rings is 1. The molecule has 0 spiro atoms.